The molecule has 0 radical (unpaired) electrons. The van der Waals surface area contributed by atoms with Crippen LogP contribution in [0.15, 0.2) is 34.8 Å². The number of carbonyl (C=O) groups is 1. The average Bonchev–Trinajstić information content (AvgIpc) is 2.35. The molecule has 0 amide bonds. The van der Waals surface area contributed by atoms with Gasteiger partial charge in [0, 0.05) is 15.1 Å². The van der Waals surface area contributed by atoms with Crippen LogP contribution in [0.5, 0.6) is 5.75 Å². The first-order chi connectivity index (χ1) is 9.42. The van der Waals surface area contributed by atoms with Crippen LogP contribution in [0.1, 0.15) is 27.0 Å². The van der Waals surface area contributed by atoms with Crippen molar-refractivity contribution < 1.29 is 9.53 Å². The molecule has 0 bridgehead atoms. The Morgan fingerprint density at radius 1 is 1.15 bits per heavy atom. The summed E-state index contributed by atoms with van der Waals surface area (Å²) in [6.45, 7) is 3.88. The number of hydrogen-bond acceptors (Lipinski definition) is 2. The van der Waals surface area contributed by atoms with Crippen LogP contribution in [-0.2, 0) is 0 Å². The van der Waals surface area contributed by atoms with E-state index in [0.717, 1.165) is 15.6 Å². The van der Waals surface area contributed by atoms with E-state index in [9.17, 15) is 4.79 Å². The van der Waals surface area contributed by atoms with E-state index in [2.05, 4.69) is 15.9 Å². The Labute approximate surface area is 131 Å². The van der Waals surface area contributed by atoms with E-state index < -0.39 is 0 Å². The lowest BCUT2D eigenvalue weighted by Crippen LogP contribution is -2.07. The Balaban J connectivity index is 2.58. The first kappa shape index (κ1) is 15.1. The molecule has 0 unspecified atom stereocenters. The third kappa shape index (κ3) is 3.05. The molecule has 20 heavy (non-hydrogen) atoms. The van der Waals surface area contributed by atoms with Crippen molar-refractivity contribution in [2.24, 2.45) is 0 Å². The maximum absolute atomic E-state index is 12.7. The van der Waals surface area contributed by atoms with Gasteiger partial charge in [-0.15, -0.1) is 0 Å². The van der Waals surface area contributed by atoms with Gasteiger partial charge in [0.1, 0.15) is 5.75 Å². The van der Waals surface area contributed by atoms with E-state index in [4.69, 9.17) is 16.3 Å². The predicted octanol–water partition coefficient (Wildman–Crippen LogP) is 4.96. The van der Waals surface area contributed by atoms with Crippen molar-refractivity contribution in [3.05, 3.63) is 62.1 Å². The molecular weight excluding hydrogens is 340 g/mol. The minimum absolute atomic E-state index is 0.0949. The molecule has 0 atom stereocenters. The highest BCUT2D eigenvalue weighted by Gasteiger charge is 2.18. The Bertz CT molecular complexity index is 660. The second-order valence-electron chi connectivity index (χ2n) is 4.65. The van der Waals surface area contributed by atoms with Gasteiger partial charge in [-0.2, -0.15) is 0 Å². The number of aryl methyl sites for hydroxylation is 2. The molecule has 0 heterocycles. The summed E-state index contributed by atoms with van der Waals surface area (Å²) in [4.78, 5) is 12.7. The molecule has 0 aliphatic carbocycles. The number of halogens is 2. The lowest BCUT2D eigenvalue weighted by atomic mass is 9.96. The molecular formula is C16H14BrClO2. The molecule has 2 rings (SSSR count). The number of rotatable bonds is 3. The van der Waals surface area contributed by atoms with Gasteiger partial charge in [0.25, 0.3) is 0 Å². The quantitative estimate of drug-likeness (QED) is 0.729. The van der Waals surface area contributed by atoms with Gasteiger partial charge in [-0.05, 0) is 49.2 Å². The van der Waals surface area contributed by atoms with E-state index in [1.807, 2.05) is 26.0 Å². The molecule has 4 heteroatoms. The van der Waals surface area contributed by atoms with Crippen LogP contribution in [0.25, 0.3) is 0 Å². The van der Waals surface area contributed by atoms with E-state index in [-0.39, 0.29) is 5.78 Å². The first-order valence-electron chi connectivity index (χ1n) is 6.08. The monoisotopic (exact) mass is 352 g/mol. The third-order valence-electron chi connectivity index (χ3n) is 3.02. The van der Waals surface area contributed by atoms with Gasteiger partial charge in [-0.1, -0.05) is 33.6 Å². The Morgan fingerprint density at radius 3 is 2.45 bits per heavy atom. The largest absolute Gasteiger partial charge is 0.496 e. The van der Waals surface area contributed by atoms with Crippen LogP contribution in [0.4, 0.5) is 0 Å². The maximum atomic E-state index is 12.7. The molecule has 104 valence electrons. The Kier molecular flexibility index (Phi) is 4.51. The van der Waals surface area contributed by atoms with Gasteiger partial charge in [0.15, 0.2) is 5.78 Å². The zero-order valence-corrected chi connectivity index (χ0v) is 13.8. The van der Waals surface area contributed by atoms with Crippen LogP contribution in [-0.4, -0.2) is 12.9 Å². The van der Waals surface area contributed by atoms with Crippen LogP contribution in [0.3, 0.4) is 0 Å². The second-order valence-corrected chi connectivity index (χ2v) is 6.00. The molecule has 0 saturated carbocycles. The van der Waals surface area contributed by atoms with Crippen molar-refractivity contribution in [3.8, 4) is 5.75 Å². The fourth-order valence-corrected chi connectivity index (χ4v) is 3.07. The predicted molar refractivity (Wildman–Crippen MR) is 85.1 cm³/mol. The number of ketones is 1. The summed E-state index contributed by atoms with van der Waals surface area (Å²) in [6.07, 6.45) is 0. The van der Waals surface area contributed by atoms with Crippen molar-refractivity contribution in [1.29, 1.82) is 0 Å². The van der Waals surface area contributed by atoms with Crippen molar-refractivity contribution >= 4 is 33.3 Å². The highest BCUT2D eigenvalue weighted by molar-refractivity contribution is 9.10. The molecule has 0 aliphatic rings. The van der Waals surface area contributed by atoms with Crippen LogP contribution in [0.2, 0.25) is 5.02 Å². The van der Waals surface area contributed by atoms with Crippen molar-refractivity contribution in [1.82, 2.24) is 0 Å². The Morgan fingerprint density at radius 2 is 1.85 bits per heavy atom. The van der Waals surface area contributed by atoms with Crippen LogP contribution >= 0.6 is 27.5 Å². The standard InChI is InChI=1S/C16H14BrClO2/c1-9-4-10(2)15(14(5-9)20-3)16(19)11-6-12(17)8-13(18)7-11/h4-8H,1-3H3. The van der Waals surface area contributed by atoms with Gasteiger partial charge in [0.2, 0.25) is 0 Å². The first-order valence-corrected chi connectivity index (χ1v) is 7.25. The highest BCUT2D eigenvalue weighted by Crippen LogP contribution is 2.29. The molecule has 0 aliphatic heterocycles. The summed E-state index contributed by atoms with van der Waals surface area (Å²) >= 11 is 9.36. The third-order valence-corrected chi connectivity index (χ3v) is 3.69. The van der Waals surface area contributed by atoms with Crippen LogP contribution < -0.4 is 4.74 Å². The summed E-state index contributed by atoms with van der Waals surface area (Å²) in [5, 5.41) is 0.520. The molecule has 0 saturated heterocycles. The van der Waals surface area contributed by atoms with Gasteiger partial charge in [0.05, 0.1) is 12.7 Å². The van der Waals surface area contributed by atoms with Crippen molar-refractivity contribution in [2.45, 2.75) is 13.8 Å². The zero-order valence-electron chi connectivity index (χ0n) is 11.5. The van der Waals surface area contributed by atoms with Gasteiger partial charge < -0.3 is 4.74 Å². The molecule has 2 aromatic rings. The number of benzene rings is 2. The summed E-state index contributed by atoms with van der Waals surface area (Å²) in [6, 6.07) is 8.99. The molecule has 2 aromatic carbocycles. The zero-order chi connectivity index (χ0) is 14.9. The van der Waals surface area contributed by atoms with Crippen molar-refractivity contribution in [2.75, 3.05) is 7.11 Å². The minimum atomic E-state index is -0.0949. The summed E-state index contributed by atoms with van der Waals surface area (Å²) in [5.74, 6) is 0.492. The molecule has 0 N–H and O–H groups in total. The van der Waals surface area contributed by atoms with E-state index >= 15 is 0 Å². The minimum Gasteiger partial charge on any atom is -0.496 e. The summed E-state index contributed by atoms with van der Waals surface area (Å²) in [7, 11) is 1.57. The smallest absolute Gasteiger partial charge is 0.197 e. The van der Waals surface area contributed by atoms with Crippen molar-refractivity contribution in [3.63, 3.8) is 0 Å². The lowest BCUT2D eigenvalue weighted by Gasteiger charge is -2.12. The number of ether oxygens (including phenoxy) is 1. The lowest BCUT2D eigenvalue weighted by molar-refractivity contribution is 0.103. The van der Waals surface area contributed by atoms with Gasteiger partial charge in [-0.3, -0.25) is 4.79 Å². The summed E-state index contributed by atoms with van der Waals surface area (Å²) in [5.41, 5.74) is 3.06. The molecule has 0 fully saturated rings. The number of hydrogen-bond donors (Lipinski definition) is 0. The number of carbonyl (C=O) groups excluding carboxylic acids is 1. The Hall–Kier alpha value is -1.32. The summed E-state index contributed by atoms with van der Waals surface area (Å²) < 4.78 is 6.12. The molecule has 2 nitrogen and oxygen atoms in total. The van der Waals surface area contributed by atoms with Gasteiger partial charge in [-0.25, -0.2) is 0 Å². The SMILES string of the molecule is COc1cc(C)cc(C)c1C(=O)c1cc(Cl)cc(Br)c1. The fourth-order valence-electron chi connectivity index (χ4n) is 2.21. The van der Waals surface area contributed by atoms with E-state index in [0.29, 0.717) is 21.9 Å². The van der Waals surface area contributed by atoms with Gasteiger partial charge >= 0.3 is 0 Å². The highest BCUT2D eigenvalue weighted by atomic mass is 79.9. The van der Waals surface area contributed by atoms with E-state index in [1.54, 1.807) is 25.3 Å². The number of methoxy groups -OCH3 is 1. The van der Waals surface area contributed by atoms with E-state index in [1.165, 1.54) is 0 Å². The molecule has 0 aromatic heterocycles. The normalized spacial score (nSPS) is 10.4. The maximum Gasteiger partial charge on any atom is 0.197 e. The van der Waals surface area contributed by atoms with Crippen LogP contribution in [0, 0.1) is 13.8 Å². The topological polar surface area (TPSA) is 26.3 Å². The second kappa shape index (κ2) is 5.98. The molecule has 0 spiro atoms. The fraction of sp³-hybridized carbons (Fsp3) is 0.188. The average molecular weight is 354 g/mol.